The van der Waals surface area contributed by atoms with E-state index in [4.69, 9.17) is 9.84 Å². The van der Waals surface area contributed by atoms with Crippen LogP contribution in [0.2, 0.25) is 0 Å². The maximum absolute atomic E-state index is 12.3. The molecule has 2 N–H and O–H groups in total. The highest BCUT2D eigenvalue weighted by Crippen LogP contribution is 2.35. The van der Waals surface area contributed by atoms with Gasteiger partial charge in [0, 0.05) is 23.9 Å². The van der Waals surface area contributed by atoms with Crippen LogP contribution in [0, 0.1) is 10.8 Å². The summed E-state index contributed by atoms with van der Waals surface area (Å²) in [7, 11) is 0. The summed E-state index contributed by atoms with van der Waals surface area (Å²) in [5.41, 5.74) is -0.813. The van der Waals surface area contributed by atoms with E-state index >= 15 is 0 Å². The van der Waals surface area contributed by atoms with Crippen molar-refractivity contribution in [1.82, 2.24) is 5.32 Å². The number of hydrogen-bond acceptors (Lipinski definition) is 3. The highest BCUT2D eigenvalue weighted by atomic mass is 79.9. The summed E-state index contributed by atoms with van der Waals surface area (Å²) in [6.07, 6.45) is 3.90. The van der Waals surface area contributed by atoms with Crippen molar-refractivity contribution in [3.8, 4) is 0 Å². The van der Waals surface area contributed by atoms with Crippen LogP contribution in [0.4, 0.5) is 0 Å². The van der Waals surface area contributed by atoms with Crippen molar-refractivity contribution in [2.24, 2.45) is 10.8 Å². The molecule has 0 bridgehead atoms. The molecule has 0 saturated carbocycles. The van der Waals surface area contributed by atoms with Crippen molar-refractivity contribution >= 4 is 27.8 Å². The molecule has 0 fully saturated rings. The first-order valence-corrected chi connectivity index (χ1v) is 11.1. The van der Waals surface area contributed by atoms with Gasteiger partial charge in [-0.1, -0.05) is 50.5 Å². The zero-order valence-electron chi connectivity index (χ0n) is 19.2. The average Bonchev–Trinajstić information content (AvgIpc) is 2.48. The number of carbonyl (C=O) groups is 2. The van der Waals surface area contributed by atoms with Crippen molar-refractivity contribution in [3.05, 3.63) is 0 Å². The van der Waals surface area contributed by atoms with Gasteiger partial charge in [0.2, 0.25) is 5.91 Å². The molecule has 0 aliphatic rings. The quantitative estimate of drug-likeness (QED) is 0.331. The number of carboxylic acids is 1. The number of alkyl halides is 1. The van der Waals surface area contributed by atoms with E-state index in [1.165, 1.54) is 0 Å². The number of rotatable bonds is 14. The molecule has 6 heteroatoms. The van der Waals surface area contributed by atoms with Gasteiger partial charge in [-0.25, -0.2) is 0 Å². The van der Waals surface area contributed by atoms with E-state index in [-0.39, 0.29) is 33.1 Å². The molecule has 0 aromatic carbocycles. The van der Waals surface area contributed by atoms with Crippen molar-refractivity contribution in [2.45, 2.75) is 104 Å². The van der Waals surface area contributed by atoms with E-state index in [1.54, 1.807) is 0 Å². The summed E-state index contributed by atoms with van der Waals surface area (Å²) in [5, 5.41) is 12.1. The molecule has 0 radical (unpaired) electrons. The first kappa shape index (κ1) is 27.4. The molecule has 0 heterocycles. The van der Waals surface area contributed by atoms with E-state index in [1.807, 2.05) is 27.7 Å². The number of amides is 1. The van der Waals surface area contributed by atoms with Crippen LogP contribution in [0.1, 0.15) is 93.9 Å². The molecule has 1 unspecified atom stereocenters. The highest BCUT2D eigenvalue weighted by molar-refractivity contribution is 9.10. The summed E-state index contributed by atoms with van der Waals surface area (Å²) in [6.45, 7) is 17.6. The Morgan fingerprint density at radius 1 is 1.00 bits per heavy atom. The van der Waals surface area contributed by atoms with Crippen LogP contribution in [0.3, 0.4) is 0 Å². The molecule has 166 valence electrons. The monoisotopic (exact) mass is 463 g/mol. The summed E-state index contributed by atoms with van der Waals surface area (Å²) >= 11 is 3.71. The summed E-state index contributed by atoms with van der Waals surface area (Å²) in [6, 6.07) is 0. The second kappa shape index (κ2) is 11.0. The predicted molar refractivity (Wildman–Crippen MR) is 119 cm³/mol. The van der Waals surface area contributed by atoms with Crippen molar-refractivity contribution < 1.29 is 19.4 Å². The molecule has 1 atom stereocenters. The molecule has 0 aromatic heterocycles. The smallest absolute Gasteiger partial charge is 0.303 e. The number of hydrogen-bond donors (Lipinski definition) is 2. The second-order valence-electron chi connectivity index (χ2n) is 10.5. The highest BCUT2D eigenvalue weighted by Gasteiger charge is 2.31. The minimum absolute atomic E-state index is 0.0136. The second-order valence-corrected chi connectivity index (χ2v) is 12.4. The maximum Gasteiger partial charge on any atom is 0.303 e. The molecule has 28 heavy (non-hydrogen) atoms. The maximum atomic E-state index is 12.3. The number of aliphatic carboxylic acids is 1. The Bertz CT molecular complexity index is 513. The number of halogens is 1. The van der Waals surface area contributed by atoms with Gasteiger partial charge in [0.15, 0.2) is 0 Å². The molecular formula is C22H42BrNO4. The normalized spacial score (nSPS) is 15.2. The Hall–Kier alpha value is -0.620. The summed E-state index contributed by atoms with van der Waals surface area (Å²) in [5.74, 6) is -0.772. The van der Waals surface area contributed by atoms with Crippen LogP contribution in [-0.2, 0) is 14.3 Å². The van der Waals surface area contributed by atoms with Crippen LogP contribution in [0.5, 0.6) is 0 Å². The Labute approximate surface area is 180 Å². The van der Waals surface area contributed by atoms with Gasteiger partial charge >= 0.3 is 5.97 Å². The zero-order valence-corrected chi connectivity index (χ0v) is 20.8. The molecular weight excluding hydrogens is 422 g/mol. The standard InChI is InChI=1S/C22H42BrNO4/c1-9-22(8,23)12-13-28-21(6,7)11-10-17(25)24-16-20(4,5)15-19(2,3)14-18(26)27/h9-16H2,1-8H3,(H,24,25)(H,26,27). The lowest BCUT2D eigenvalue weighted by Crippen LogP contribution is -2.38. The Morgan fingerprint density at radius 3 is 2.07 bits per heavy atom. The fourth-order valence-corrected chi connectivity index (χ4v) is 3.62. The van der Waals surface area contributed by atoms with Crippen LogP contribution in [0.15, 0.2) is 0 Å². The van der Waals surface area contributed by atoms with E-state index in [0.717, 1.165) is 19.3 Å². The zero-order chi connectivity index (χ0) is 22.2. The fraction of sp³-hybridized carbons (Fsp3) is 0.909. The van der Waals surface area contributed by atoms with Crippen LogP contribution < -0.4 is 5.32 Å². The topological polar surface area (TPSA) is 75.6 Å². The minimum Gasteiger partial charge on any atom is -0.481 e. The Morgan fingerprint density at radius 2 is 1.57 bits per heavy atom. The van der Waals surface area contributed by atoms with Gasteiger partial charge in [0.25, 0.3) is 0 Å². The Balaban J connectivity index is 4.34. The number of nitrogens with one attached hydrogen (secondary N) is 1. The fourth-order valence-electron chi connectivity index (χ4n) is 3.46. The molecule has 0 saturated heterocycles. The molecule has 0 rings (SSSR count). The first-order valence-electron chi connectivity index (χ1n) is 10.3. The lowest BCUT2D eigenvalue weighted by atomic mass is 9.73. The van der Waals surface area contributed by atoms with Gasteiger partial charge in [-0.3, -0.25) is 9.59 Å². The third-order valence-electron chi connectivity index (χ3n) is 5.16. The predicted octanol–water partition coefficient (Wildman–Crippen LogP) is 5.55. The lowest BCUT2D eigenvalue weighted by molar-refractivity contribution is -0.139. The third-order valence-corrected chi connectivity index (χ3v) is 6.12. The van der Waals surface area contributed by atoms with E-state index < -0.39 is 5.97 Å². The third kappa shape index (κ3) is 13.5. The van der Waals surface area contributed by atoms with Gasteiger partial charge in [-0.2, -0.15) is 0 Å². The molecule has 0 aromatic rings. The average molecular weight is 464 g/mol. The SMILES string of the molecule is CCC(C)(Br)CCOC(C)(C)CCC(=O)NCC(C)(C)CC(C)(C)CC(=O)O. The van der Waals surface area contributed by atoms with E-state index in [0.29, 0.717) is 26.0 Å². The molecule has 0 aliphatic heterocycles. The van der Waals surface area contributed by atoms with Gasteiger partial charge in [-0.15, -0.1) is 0 Å². The van der Waals surface area contributed by atoms with E-state index in [9.17, 15) is 9.59 Å². The lowest BCUT2D eigenvalue weighted by Gasteiger charge is -2.34. The van der Waals surface area contributed by atoms with Gasteiger partial charge in [0.1, 0.15) is 0 Å². The number of ether oxygens (including phenoxy) is 1. The Kier molecular flexibility index (Phi) is 10.7. The van der Waals surface area contributed by atoms with Gasteiger partial charge in [0.05, 0.1) is 12.0 Å². The minimum atomic E-state index is -0.786. The van der Waals surface area contributed by atoms with Gasteiger partial charge in [-0.05, 0) is 57.3 Å². The number of carboxylic acid groups (broad SMARTS) is 1. The number of carbonyl (C=O) groups excluding carboxylic acids is 1. The molecule has 0 spiro atoms. The van der Waals surface area contributed by atoms with Gasteiger partial charge < -0.3 is 15.2 Å². The van der Waals surface area contributed by atoms with Crippen molar-refractivity contribution in [2.75, 3.05) is 13.2 Å². The van der Waals surface area contributed by atoms with E-state index in [2.05, 4.69) is 48.9 Å². The summed E-state index contributed by atoms with van der Waals surface area (Å²) < 4.78 is 6.10. The van der Waals surface area contributed by atoms with Crippen molar-refractivity contribution in [1.29, 1.82) is 0 Å². The van der Waals surface area contributed by atoms with Crippen molar-refractivity contribution in [3.63, 3.8) is 0 Å². The first-order chi connectivity index (χ1) is 12.5. The van der Waals surface area contributed by atoms with Crippen LogP contribution in [0.25, 0.3) is 0 Å². The molecule has 1 amide bonds. The largest absolute Gasteiger partial charge is 0.481 e. The summed E-state index contributed by atoms with van der Waals surface area (Å²) in [4.78, 5) is 23.3. The molecule has 5 nitrogen and oxygen atoms in total. The van der Waals surface area contributed by atoms with Crippen LogP contribution >= 0.6 is 15.9 Å². The molecule has 0 aliphatic carbocycles. The van der Waals surface area contributed by atoms with Crippen LogP contribution in [-0.4, -0.2) is 40.1 Å².